The first-order valence-corrected chi connectivity index (χ1v) is 6.16. The molecule has 0 heterocycles. The lowest BCUT2D eigenvalue weighted by molar-refractivity contribution is 0.476. The maximum atomic E-state index is 10.2. The molecule has 0 saturated heterocycles. The van der Waals surface area contributed by atoms with Gasteiger partial charge in [0.15, 0.2) is 5.75 Å². The highest BCUT2D eigenvalue weighted by Crippen LogP contribution is 2.38. The molecule has 4 heteroatoms. The van der Waals surface area contributed by atoms with E-state index in [0.29, 0.717) is 22.1 Å². The minimum Gasteiger partial charge on any atom is -0.507 e. The van der Waals surface area contributed by atoms with Crippen molar-refractivity contribution in [2.24, 2.45) is 10.2 Å². The van der Waals surface area contributed by atoms with Gasteiger partial charge in [-0.25, -0.2) is 0 Å². The van der Waals surface area contributed by atoms with E-state index in [9.17, 15) is 10.2 Å². The van der Waals surface area contributed by atoms with Gasteiger partial charge >= 0.3 is 0 Å². The SMILES string of the molecule is Oc1cccc2c(O)c(N=Nc3ccccc3)ccc12. The van der Waals surface area contributed by atoms with Crippen molar-refractivity contribution in [1.29, 1.82) is 0 Å². The summed E-state index contributed by atoms with van der Waals surface area (Å²) in [5, 5.41) is 29.2. The third kappa shape index (κ3) is 2.19. The van der Waals surface area contributed by atoms with Crippen LogP contribution in [0.15, 0.2) is 70.9 Å². The number of fused-ring (bicyclic) bond motifs is 1. The summed E-state index contributed by atoms with van der Waals surface area (Å²) in [5.41, 5.74) is 1.08. The predicted molar refractivity (Wildman–Crippen MR) is 77.9 cm³/mol. The Bertz CT molecular complexity index is 783. The van der Waals surface area contributed by atoms with Gasteiger partial charge in [-0.2, -0.15) is 5.11 Å². The van der Waals surface area contributed by atoms with E-state index < -0.39 is 0 Å². The average molecular weight is 264 g/mol. The van der Waals surface area contributed by atoms with Crippen LogP contribution in [-0.4, -0.2) is 10.2 Å². The van der Waals surface area contributed by atoms with Crippen LogP contribution in [0.4, 0.5) is 11.4 Å². The van der Waals surface area contributed by atoms with E-state index in [4.69, 9.17) is 0 Å². The third-order valence-electron chi connectivity index (χ3n) is 3.02. The van der Waals surface area contributed by atoms with Crippen LogP contribution in [0.5, 0.6) is 11.5 Å². The molecule has 4 nitrogen and oxygen atoms in total. The second kappa shape index (κ2) is 5.01. The average Bonchev–Trinajstić information content (AvgIpc) is 2.48. The molecule has 0 aliphatic carbocycles. The van der Waals surface area contributed by atoms with Crippen molar-refractivity contribution in [2.45, 2.75) is 0 Å². The first-order valence-electron chi connectivity index (χ1n) is 6.16. The van der Waals surface area contributed by atoms with Crippen molar-refractivity contribution in [1.82, 2.24) is 0 Å². The summed E-state index contributed by atoms with van der Waals surface area (Å²) in [6.07, 6.45) is 0. The zero-order chi connectivity index (χ0) is 13.9. The number of hydrogen-bond acceptors (Lipinski definition) is 4. The summed E-state index contributed by atoms with van der Waals surface area (Å²) in [7, 11) is 0. The Morgan fingerprint density at radius 2 is 1.45 bits per heavy atom. The van der Waals surface area contributed by atoms with Crippen LogP contribution in [0, 0.1) is 0 Å². The number of phenolic OH excluding ortho intramolecular Hbond substituents is 2. The maximum Gasteiger partial charge on any atom is 0.151 e. The molecule has 0 aliphatic heterocycles. The molecule has 0 amide bonds. The highest BCUT2D eigenvalue weighted by atomic mass is 16.3. The summed E-state index contributed by atoms with van der Waals surface area (Å²) in [6, 6.07) is 17.6. The second-order valence-corrected chi connectivity index (χ2v) is 4.34. The zero-order valence-corrected chi connectivity index (χ0v) is 10.6. The Kier molecular flexibility index (Phi) is 3.05. The number of hydrogen-bond donors (Lipinski definition) is 2. The highest BCUT2D eigenvalue weighted by molar-refractivity contribution is 5.96. The topological polar surface area (TPSA) is 65.2 Å². The van der Waals surface area contributed by atoms with Crippen molar-refractivity contribution in [3.05, 3.63) is 60.7 Å². The molecule has 3 aromatic rings. The quantitative estimate of drug-likeness (QED) is 0.661. The molecule has 2 N–H and O–H groups in total. The van der Waals surface area contributed by atoms with Crippen LogP contribution in [0.2, 0.25) is 0 Å². The van der Waals surface area contributed by atoms with Gasteiger partial charge in [0.1, 0.15) is 11.4 Å². The molecule has 0 radical (unpaired) electrons. The minimum atomic E-state index is 0.0121. The van der Waals surface area contributed by atoms with E-state index in [2.05, 4.69) is 10.2 Å². The van der Waals surface area contributed by atoms with E-state index in [0.717, 1.165) is 0 Å². The smallest absolute Gasteiger partial charge is 0.151 e. The predicted octanol–water partition coefficient (Wildman–Crippen LogP) is 4.67. The van der Waals surface area contributed by atoms with Crippen LogP contribution in [0.25, 0.3) is 10.8 Å². The minimum absolute atomic E-state index is 0.0121. The number of azo groups is 1. The summed E-state index contributed by atoms with van der Waals surface area (Å²) >= 11 is 0. The fourth-order valence-corrected chi connectivity index (χ4v) is 2.00. The van der Waals surface area contributed by atoms with Gasteiger partial charge in [0.05, 0.1) is 5.69 Å². The van der Waals surface area contributed by atoms with Crippen molar-refractivity contribution in [3.63, 3.8) is 0 Å². The van der Waals surface area contributed by atoms with Crippen molar-refractivity contribution in [3.8, 4) is 11.5 Å². The van der Waals surface area contributed by atoms with Gasteiger partial charge in [0, 0.05) is 10.8 Å². The number of benzene rings is 3. The maximum absolute atomic E-state index is 10.2. The Morgan fingerprint density at radius 3 is 2.25 bits per heavy atom. The van der Waals surface area contributed by atoms with Crippen molar-refractivity contribution in [2.75, 3.05) is 0 Å². The summed E-state index contributed by atoms with van der Waals surface area (Å²) < 4.78 is 0. The number of nitrogens with zero attached hydrogens (tertiary/aromatic N) is 2. The molecule has 0 bridgehead atoms. The molecule has 3 rings (SSSR count). The lowest BCUT2D eigenvalue weighted by Crippen LogP contribution is -1.76. The first-order chi connectivity index (χ1) is 9.75. The number of phenols is 2. The summed E-state index contributed by atoms with van der Waals surface area (Å²) in [5.74, 6) is 0.141. The Balaban J connectivity index is 2.05. The molecule has 0 fully saturated rings. The monoisotopic (exact) mass is 264 g/mol. The van der Waals surface area contributed by atoms with Gasteiger partial charge in [-0.15, -0.1) is 5.11 Å². The lowest BCUT2D eigenvalue weighted by Gasteiger charge is -2.04. The molecule has 3 aromatic carbocycles. The Morgan fingerprint density at radius 1 is 0.650 bits per heavy atom. The first kappa shape index (κ1) is 12.2. The standard InChI is InChI=1S/C16H12N2O2/c19-15-8-4-7-13-12(15)9-10-14(16(13)20)18-17-11-5-2-1-3-6-11/h1-10,19-20H. The molecular weight excluding hydrogens is 252 g/mol. The normalized spacial score (nSPS) is 11.2. The number of rotatable bonds is 2. The lowest BCUT2D eigenvalue weighted by atomic mass is 10.1. The van der Waals surface area contributed by atoms with Gasteiger partial charge in [-0.05, 0) is 30.3 Å². The molecular formula is C16H12N2O2. The van der Waals surface area contributed by atoms with Crippen LogP contribution in [0.1, 0.15) is 0 Å². The van der Waals surface area contributed by atoms with E-state index in [1.165, 1.54) is 0 Å². The largest absolute Gasteiger partial charge is 0.507 e. The van der Waals surface area contributed by atoms with Crippen molar-refractivity contribution < 1.29 is 10.2 Å². The summed E-state index contributed by atoms with van der Waals surface area (Å²) in [6.45, 7) is 0. The number of aromatic hydroxyl groups is 2. The second-order valence-electron chi connectivity index (χ2n) is 4.34. The van der Waals surface area contributed by atoms with E-state index in [-0.39, 0.29) is 11.5 Å². The highest BCUT2D eigenvalue weighted by Gasteiger charge is 2.08. The van der Waals surface area contributed by atoms with Crippen LogP contribution in [-0.2, 0) is 0 Å². The third-order valence-corrected chi connectivity index (χ3v) is 3.02. The van der Waals surface area contributed by atoms with E-state index in [1.54, 1.807) is 30.3 Å². The zero-order valence-electron chi connectivity index (χ0n) is 10.6. The Labute approximate surface area is 115 Å². The Hall–Kier alpha value is -2.88. The molecule has 98 valence electrons. The van der Waals surface area contributed by atoms with E-state index >= 15 is 0 Å². The molecule has 0 aliphatic rings. The van der Waals surface area contributed by atoms with Crippen LogP contribution in [0.3, 0.4) is 0 Å². The fourth-order valence-electron chi connectivity index (χ4n) is 2.00. The molecule has 0 atom stereocenters. The van der Waals surface area contributed by atoms with Gasteiger partial charge in [0.2, 0.25) is 0 Å². The molecule has 0 aromatic heterocycles. The molecule has 0 unspecified atom stereocenters. The van der Waals surface area contributed by atoms with Gasteiger partial charge in [-0.3, -0.25) is 0 Å². The van der Waals surface area contributed by atoms with Gasteiger partial charge < -0.3 is 10.2 Å². The van der Waals surface area contributed by atoms with Crippen LogP contribution < -0.4 is 0 Å². The van der Waals surface area contributed by atoms with Crippen molar-refractivity contribution >= 4 is 22.1 Å². The van der Waals surface area contributed by atoms with Gasteiger partial charge in [0.25, 0.3) is 0 Å². The summed E-state index contributed by atoms with van der Waals surface area (Å²) in [4.78, 5) is 0. The molecule has 0 saturated carbocycles. The van der Waals surface area contributed by atoms with E-state index in [1.807, 2.05) is 30.3 Å². The molecule has 20 heavy (non-hydrogen) atoms. The molecule has 0 spiro atoms. The fraction of sp³-hybridized carbons (Fsp3) is 0. The van der Waals surface area contributed by atoms with Crippen LogP contribution >= 0.6 is 0 Å². The van der Waals surface area contributed by atoms with Gasteiger partial charge in [-0.1, -0.05) is 30.3 Å².